The van der Waals surface area contributed by atoms with Crippen LogP contribution in [0.15, 0.2) is 72.8 Å². The summed E-state index contributed by atoms with van der Waals surface area (Å²) >= 11 is 0. The van der Waals surface area contributed by atoms with Gasteiger partial charge in [0, 0.05) is 11.6 Å². The summed E-state index contributed by atoms with van der Waals surface area (Å²) in [7, 11) is -1.62. The number of phenols is 2. The lowest BCUT2D eigenvalue weighted by molar-refractivity contribution is 0.452. The maximum atomic E-state index is 12.5. The predicted octanol–water partition coefficient (Wildman–Crippen LogP) is 3.54. The third-order valence-electron chi connectivity index (χ3n) is 3.38. The Morgan fingerprint density at radius 3 is 2.00 bits per heavy atom. The Labute approximate surface area is 129 Å². The van der Waals surface area contributed by atoms with E-state index < -0.39 is 7.80 Å². The zero-order valence-corrected chi connectivity index (χ0v) is 12.6. The molecule has 0 spiro atoms. The molecule has 3 aromatic rings. The minimum atomic E-state index is -1.62. The van der Waals surface area contributed by atoms with Gasteiger partial charge in [0.2, 0.25) is 0 Å². The molecule has 3 rings (SSSR count). The predicted molar refractivity (Wildman–Crippen MR) is 88.5 cm³/mol. The van der Waals surface area contributed by atoms with Gasteiger partial charge in [0.05, 0.1) is 0 Å². The van der Waals surface area contributed by atoms with E-state index in [4.69, 9.17) is 0 Å². The first-order valence-electron chi connectivity index (χ1n) is 6.80. The zero-order chi connectivity index (χ0) is 15.5. The molecule has 0 fully saturated rings. The Bertz CT molecular complexity index is 811. The third-order valence-corrected chi connectivity index (χ3v) is 4.92. The molecule has 0 aliphatic carbocycles. The number of hydrogen-bond acceptors (Lipinski definition) is 3. The molecule has 3 nitrogen and oxygen atoms in total. The molecule has 0 aromatic heterocycles. The summed E-state index contributed by atoms with van der Waals surface area (Å²) in [5.41, 5.74) is 1.43. The Morgan fingerprint density at radius 2 is 1.36 bits per heavy atom. The van der Waals surface area contributed by atoms with E-state index in [0.29, 0.717) is 5.56 Å². The fourth-order valence-electron chi connectivity index (χ4n) is 2.25. The summed E-state index contributed by atoms with van der Waals surface area (Å²) in [5.74, 6) is 0.0326. The molecule has 0 aliphatic rings. The van der Waals surface area contributed by atoms with Crippen LogP contribution in [0.2, 0.25) is 0 Å². The van der Waals surface area contributed by atoms with Crippen LogP contribution < -0.4 is 10.6 Å². The van der Waals surface area contributed by atoms with Gasteiger partial charge in [-0.05, 0) is 54.1 Å². The van der Waals surface area contributed by atoms with Gasteiger partial charge in [-0.1, -0.05) is 22.8 Å². The first-order valence-corrected chi connectivity index (χ1v) is 8.06. The van der Waals surface area contributed by atoms with Crippen LogP contribution in [0.25, 0.3) is 11.1 Å². The van der Waals surface area contributed by atoms with E-state index in [9.17, 15) is 14.8 Å². The van der Waals surface area contributed by atoms with Crippen LogP contribution in [0.5, 0.6) is 11.5 Å². The lowest BCUT2D eigenvalue weighted by atomic mass is 10.0. The molecule has 0 amide bonds. The van der Waals surface area contributed by atoms with Crippen LogP contribution in [0.4, 0.5) is 0 Å². The molecular weight excluding hydrogens is 295 g/mol. The van der Waals surface area contributed by atoms with Crippen molar-refractivity contribution in [3.05, 3.63) is 72.8 Å². The highest BCUT2D eigenvalue weighted by atomic mass is 31.1. The topological polar surface area (TPSA) is 57.5 Å². The first-order chi connectivity index (χ1) is 10.6. The molecule has 0 bridgehead atoms. The van der Waals surface area contributed by atoms with E-state index >= 15 is 0 Å². The Balaban J connectivity index is 1.91. The fourth-order valence-corrected chi connectivity index (χ4v) is 3.41. The van der Waals surface area contributed by atoms with Gasteiger partial charge in [-0.2, -0.15) is 0 Å². The van der Waals surface area contributed by atoms with E-state index in [1.54, 1.807) is 18.2 Å². The number of aromatic hydroxyl groups is 2. The molecule has 0 saturated carbocycles. The van der Waals surface area contributed by atoms with E-state index in [2.05, 4.69) is 0 Å². The molecule has 0 saturated heterocycles. The van der Waals surface area contributed by atoms with Gasteiger partial charge in [-0.3, -0.25) is 0 Å². The number of benzene rings is 3. The highest BCUT2D eigenvalue weighted by Gasteiger charge is 2.22. The lowest BCUT2D eigenvalue weighted by Gasteiger charge is -2.04. The van der Waals surface area contributed by atoms with Crippen molar-refractivity contribution in [2.24, 2.45) is 0 Å². The van der Waals surface area contributed by atoms with Gasteiger partial charge in [-0.25, -0.2) is 0 Å². The van der Waals surface area contributed by atoms with E-state index in [0.717, 1.165) is 16.2 Å². The summed E-state index contributed by atoms with van der Waals surface area (Å²) < 4.78 is 12.5. The first kappa shape index (κ1) is 14.3. The van der Waals surface area contributed by atoms with Crippen molar-refractivity contribution < 1.29 is 14.8 Å². The van der Waals surface area contributed by atoms with Crippen LogP contribution >= 0.6 is 7.80 Å². The van der Waals surface area contributed by atoms with Crippen molar-refractivity contribution >= 4 is 18.4 Å². The SMILES string of the molecule is O=[P+](c1ccccc1)c1ccc(-c2ccc(O)cc2O)cc1. The van der Waals surface area contributed by atoms with Crippen molar-refractivity contribution in [1.82, 2.24) is 0 Å². The quantitative estimate of drug-likeness (QED) is 0.728. The van der Waals surface area contributed by atoms with Gasteiger partial charge in [0.15, 0.2) is 10.6 Å². The van der Waals surface area contributed by atoms with Crippen molar-refractivity contribution in [1.29, 1.82) is 0 Å². The number of rotatable bonds is 3. The minimum Gasteiger partial charge on any atom is -0.508 e. The molecule has 3 aromatic carbocycles. The molecule has 4 heteroatoms. The van der Waals surface area contributed by atoms with Gasteiger partial charge in [0.1, 0.15) is 11.5 Å². The molecule has 0 heterocycles. The van der Waals surface area contributed by atoms with Crippen LogP contribution in [0, 0.1) is 0 Å². The minimum absolute atomic E-state index is 0.0141. The fraction of sp³-hybridized carbons (Fsp3) is 0. The maximum absolute atomic E-state index is 12.5. The average molecular weight is 309 g/mol. The normalized spacial score (nSPS) is 11.2. The molecule has 108 valence electrons. The molecule has 2 N–H and O–H groups in total. The van der Waals surface area contributed by atoms with Gasteiger partial charge < -0.3 is 10.2 Å². The Hall–Kier alpha value is -2.64. The van der Waals surface area contributed by atoms with Crippen LogP contribution in [0.1, 0.15) is 0 Å². The zero-order valence-electron chi connectivity index (χ0n) is 11.7. The second-order valence-electron chi connectivity index (χ2n) is 4.88. The monoisotopic (exact) mass is 309 g/mol. The summed E-state index contributed by atoms with van der Waals surface area (Å²) in [6, 6.07) is 21.0. The molecule has 0 aliphatic heterocycles. The molecule has 1 atom stereocenters. The van der Waals surface area contributed by atoms with Crippen molar-refractivity contribution in [2.45, 2.75) is 0 Å². The highest BCUT2D eigenvalue weighted by molar-refractivity contribution is 7.61. The van der Waals surface area contributed by atoms with Gasteiger partial charge in [-0.15, -0.1) is 0 Å². The van der Waals surface area contributed by atoms with Crippen molar-refractivity contribution in [2.75, 3.05) is 0 Å². The molecular formula is C18H14O3P+. The Morgan fingerprint density at radius 1 is 0.727 bits per heavy atom. The highest BCUT2D eigenvalue weighted by Crippen LogP contribution is 2.32. The average Bonchev–Trinajstić information content (AvgIpc) is 2.55. The van der Waals surface area contributed by atoms with E-state index in [-0.39, 0.29) is 11.5 Å². The van der Waals surface area contributed by atoms with Crippen molar-refractivity contribution in [3.8, 4) is 22.6 Å². The summed E-state index contributed by atoms with van der Waals surface area (Å²) in [6.45, 7) is 0. The van der Waals surface area contributed by atoms with Crippen LogP contribution in [0.3, 0.4) is 0 Å². The van der Waals surface area contributed by atoms with E-state index in [1.807, 2.05) is 42.5 Å². The molecule has 22 heavy (non-hydrogen) atoms. The summed E-state index contributed by atoms with van der Waals surface area (Å²) in [6.07, 6.45) is 0. The molecule has 1 unspecified atom stereocenters. The van der Waals surface area contributed by atoms with Crippen molar-refractivity contribution in [3.63, 3.8) is 0 Å². The van der Waals surface area contributed by atoms with Gasteiger partial charge in [0.25, 0.3) is 0 Å². The standard InChI is InChI=1S/C18H13O3P/c19-14-8-11-17(18(20)12-14)13-6-9-16(10-7-13)22(21)15-4-2-1-3-5-15/h1-12H,(H-,19,20,21)/p+1. The van der Waals surface area contributed by atoms with Gasteiger partial charge >= 0.3 is 7.80 Å². The third kappa shape index (κ3) is 2.85. The smallest absolute Gasteiger partial charge is 0.415 e. The summed E-state index contributed by atoms with van der Waals surface area (Å²) in [4.78, 5) is 0. The summed E-state index contributed by atoms with van der Waals surface area (Å²) in [5, 5.41) is 20.7. The largest absolute Gasteiger partial charge is 0.508 e. The lowest BCUT2D eigenvalue weighted by Crippen LogP contribution is -2.05. The molecule has 0 radical (unpaired) electrons. The van der Waals surface area contributed by atoms with Crippen LogP contribution in [-0.4, -0.2) is 10.2 Å². The second kappa shape index (κ2) is 6.00. The van der Waals surface area contributed by atoms with Crippen LogP contribution in [-0.2, 0) is 4.57 Å². The number of hydrogen-bond donors (Lipinski definition) is 2. The second-order valence-corrected chi connectivity index (χ2v) is 6.50. The maximum Gasteiger partial charge on any atom is 0.415 e. The van der Waals surface area contributed by atoms with E-state index in [1.165, 1.54) is 12.1 Å². The Kier molecular flexibility index (Phi) is 3.90. The number of phenolic OH excluding ortho intramolecular Hbond substituents is 2.